The van der Waals surface area contributed by atoms with E-state index in [1.54, 1.807) is 9.36 Å². The largest absolute Gasteiger partial charge is 0.373 e. The van der Waals surface area contributed by atoms with E-state index in [-0.39, 0.29) is 17.8 Å². The van der Waals surface area contributed by atoms with Gasteiger partial charge >= 0.3 is 5.69 Å². The third-order valence-corrected chi connectivity index (χ3v) is 7.55. The van der Waals surface area contributed by atoms with E-state index in [4.69, 9.17) is 4.74 Å². The summed E-state index contributed by atoms with van der Waals surface area (Å²) < 4.78 is 10.4. The highest BCUT2D eigenvalue weighted by molar-refractivity contribution is 14.1. The van der Waals surface area contributed by atoms with Gasteiger partial charge in [0.05, 0.1) is 18.8 Å². The number of ether oxygens (including phenoxy) is 1. The number of hydrogen-bond acceptors (Lipinski definition) is 3. The van der Waals surface area contributed by atoms with Gasteiger partial charge in [-0.15, -0.1) is 0 Å². The summed E-state index contributed by atoms with van der Waals surface area (Å²) in [5.74, 6) is 1.75. The summed E-state index contributed by atoms with van der Waals surface area (Å²) in [7, 11) is 1.86. The second-order valence-electron chi connectivity index (χ2n) is 7.71. The van der Waals surface area contributed by atoms with Crippen LogP contribution in [-0.2, 0) is 18.4 Å². The topological polar surface area (TPSA) is 54.0 Å². The van der Waals surface area contributed by atoms with Crippen molar-refractivity contribution >= 4 is 22.6 Å². The van der Waals surface area contributed by atoms with Gasteiger partial charge in [-0.3, -0.25) is 0 Å². The minimum Gasteiger partial charge on any atom is -0.373 e. The van der Waals surface area contributed by atoms with Crippen LogP contribution in [0.25, 0.3) is 5.82 Å². The van der Waals surface area contributed by atoms with Crippen molar-refractivity contribution < 1.29 is 4.74 Å². The molecule has 2 aromatic rings. The Morgan fingerprint density at radius 3 is 2.84 bits per heavy atom. The number of alkyl halides is 1. The monoisotopic (exact) mass is 454 g/mol. The Bertz CT molecular complexity index is 878. The third kappa shape index (κ3) is 2.31. The van der Waals surface area contributed by atoms with E-state index in [0.29, 0.717) is 22.4 Å². The van der Waals surface area contributed by atoms with Gasteiger partial charge in [-0.1, -0.05) is 29.5 Å². The van der Waals surface area contributed by atoms with Crippen molar-refractivity contribution in [2.24, 2.45) is 13.0 Å². The molecule has 1 aliphatic heterocycles. The molecule has 2 saturated carbocycles. The van der Waals surface area contributed by atoms with E-state index < -0.39 is 0 Å². The number of fused-ring (bicyclic) bond motifs is 6. The molecule has 25 heavy (non-hydrogen) atoms. The van der Waals surface area contributed by atoms with Crippen molar-refractivity contribution in [1.82, 2.24) is 19.1 Å². The number of aromatic nitrogens is 4. The van der Waals surface area contributed by atoms with E-state index in [1.165, 1.54) is 18.4 Å². The van der Waals surface area contributed by atoms with Crippen molar-refractivity contribution in [1.29, 1.82) is 0 Å². The van der Waals surface area contributed by atoms with Crippen LogP contribution >= 0.6 is 22.6 Å². The van der Waals surface area contributed by atoms with Crippen LogP contribution in [0.5, 0.6) is 0 Å². The fourth-order valence-electron chi connectivity index (χ4n) is 4.62. The Kier molecular flexibility index (Phi) is 3.68. The van der Waals surface area contributed by atoms with E-state index in [1.807, 2.05) is 13.2 Å². The lowest BCUT2D eigenvalue weighted by atomic mass is 9.83. The molecular formula is C18H23IN4O2. The molecule has 0 aromatic carbocycles. The highest BCUT2D eigenvalue weighted by Crippen LogP contribution is 2.45. The molecule has 3 heterocycles. The van der Waals surface area contributed by atoms with Gasteiger partial charge in [-0.2, -0.15) is 4.68 Å². The Hall–Kier alpha value is -1.09. The van der Waals surface area contributed by atoms with Crippen LogP contribution in [0.3, 0.4) is 0 Å². The van der Waals surface area contributed by atoms with Crippen LogP contribution in [0.2, 0.25) is 0 Å². The van der Waals surface area contributed by atoms with Crippen molar-refractivity contribution in [3.63, 3.8) is 0 Å². The van der Waals surface area contributed by atoms with Crippen molar-refractivity contribution in [2.45, 2.75) is 61.2 Å². The average Bonchev–Trinajstić information content (AvgIpc) is 3.44. The van der Waals surface area contributed by atoms with Crippen LogP contribution < -0.4 is 5.69 Å². The minimum atomic E-state index is 0.00141. The molecule has 0 amide bonds. The minimum absolute atomic E-state index is 0.00141. The zero-order valence-corrected chi connectivity index (χ0v) is 16.7. The molecule has 0 saturated heterocycles. The molecule has 7 heteroatoms. The summed E-state index contributed by atoms with van der Waals surface area (Å²) in [5.41, 5.74) is 2.44. The van der Waals surface area contributed by atoms with Crippen LogP contribution in [0.1, 0.15) is 55.7 Å². The normalized spacial score (nSPS) is 31.6. The molecule has 4 unspecified atom stereocenters. The summed E-state index contributed by atoms with van der Waals surface area (Å²) in [5, 5.41) is 0. The number of pyridine rings is 1. The third-order valence-electron chi connectivity index (χ3n) is 6.19. The molecule has 5 rings (SSSR count). The number of nitrogens with zero attached hydrogens (tertiary/aromatic N) is 4. The molecule has 2 fully saturated rings. The second kappa shape index (κ2) is 5.70. The maximum absolute atomic E-state index is 12.7. The van der Waals surface area contributed by atoms with E-state index in [2.05, 4.69) is 45.4 Å². The van der Waals surface area contributed by atoms with Crippen molar-refractivity contribution in [3.8, 4) is 5.82 Å². The van der Waals surface area contributed by atoms with Crippen LogP contribution in [0.4, 0.5) is 0 Å². The lowest BCUT2D eigenvalue weighted by molar-refractivity contribution is -0.0378. The smallest absolute Gasteiger partial charge is 0.366 e. The van der Waals surface area contributed by atoms with Gasteiger partial charge in [-0.05, 0) is 43.2 Å². The maximum Gasteiger partial charge on any atom is 0.366 e. The first-order valence-corrected chi connectivity index (χ1v) is 10.4. The molecule has 0 radical (unpaired) electrons. The first kappa shape index (κ1) is 16.1. The lowest BCUT2D eigenvalue weighted by Gasteiger charge is -2.42. The molecule has 6 nitrogen and oxygen atoms in total. The maximum atomic E-state index is 12.7. The van der Waals surface area contributed by atoms with E-state index in [0.717, 1.165) is 24.2 Å². The predicted molar refractivity (Wildman–Crippen MR) is 103 cm³/mol. The lowest BCUT2D eigenvalue weighted by Crippen LogP contribution is -2.55. The number of hydrogen-bond donors (Lipinski definition) is 0. The summed E-state index contributed by atoms with van der Waals surface area (Å²) in [6, 6.07) is 2.37. The van der Waals surface area contributed by atoms with Gasteiger partial charge in [0.2, 0.25) is 0 Å². The fraction of sp³-hybridized carbons (Fsp3) is 0.667. The fourth-order valence-corrected chi connectivity index (χ4v) is 5.92. The second-order valence-corrected chi connectivity index (χ2v) is 9.31. The summed E-state index contributed by atoms with van der Waals surface area (Å²) >= 11 is 2.54. The van der Waals surface area contributed by atoms with Gasteiger partial charge in [0, 0.05) is 28.7 Å². The van der Waals surface area contributed by atoms with Gasteiger partial charge in [0.25, 0.3) is 0 Å². The van der Waals surface area contributed by atoms with Crippen LogP contribution in [-0.4, -0.2) is 29.2 Å². The van der Waals surface area contributed by atoms with E-state index >= 15 is 0 Å². The standard InChI is InChI=1S/C18H23IN4O2/c1-10-15-6-5-14(19)16(10)23-21(2)18(24)22(23)17-13(9-25-15)12(7-8-20-17)11-3-4-11/h7-8,10-11,14-16H,3-6,9H2,1-2H3. The molecular weight excluding hydrogens is 431 g/mol. The highest BCUT2D eigenvalue weighted by atomic mass is 127. The van der Waals surface area contributed by atoms with Gasteiger partial charge < -0.3 is 4.74 Å². The average molecular weight is 454 g/mol. The van der Waals surface area contributed by atoms with Crippen molar-refractivity contribution in [2.75, 3.05) is 0 Å². The SMILES string of the molecule is CC1C2CCC(I)C1n1n(C)c(=O)n1-c1nccc(C3CC3)c1CO2. The summed E-state index contributed by atoms with van der Waals surface area (Å²) in [6.45, 7) is 2.82. The molecule has 134 valence electrons. The Morgan fingerprint density at radius 2 is 2.08 bits per heavy atom. The van der Waals surface area contributed by atoms with E-state index in [9.17, 15) is 4.79 Å². The van der Waals surface area contributed by atoms with Gasteiger partial charge in [0.1, 0.15) is 0 Å². The molecule has 4 atom stereocenters. The number of halogens is 1. The predicted octanol–water partition coefficient (Wildman–Crippen LogP) is 2.92. The first-order chi connectivity index (χ1) is 12.1. The molecule has 0 spiro atoms. The zero-order chi connectivity index (χ0) is 17.3. The molecule has 3 aliphatic rings. The molecule has 2 aliphatic carbocycles. The molecule has 0 N–H and O–H groups in total. The molecule has 2 bridgehead atoms. The van der Waals surface area contributed by atoms with Crippen LogP contribution in [0.15, 0.2) is 17.1 Å². The van der Waals surface area contributed by atoms with Gasteiger partial charge in [-0.25, -0.2) is 19.3 Å². The summed E-state index contributed by atoms with van der Waals surface area (Å²) in [4.78, 5) is 19.5. The van der Waals surface area contributed by atoms with Crippen LogP contribution in [0, 0.1) is 5.92 Å². The van der Waals surface area contributed by atoms with Gasteiger partial charge in [0.15, 0.2) is 5.82 Å². The zero-order valence-electron chi connectivity index (χ0n) is 14.6. The quantitative estimate of drug-likeness (QED) is 0.492. The Morgan fingerprint density at radius 1 is 1.28 bits per heavy atom. The Labute approximate surface area is 160 Å². The van der Waals surface area contributed by atoms with Crippen molar-refractivity contribution in [3.05, 3.63) is 33.9 Å². The number of rotatable bonds is 1. The first-order valence-electron chi connectivity index (χ1n) is 9.18. The highest BCUT2D eigenvalue weighted by Gasteiger charge is 2.43. The molecule has 2 aromatic heterocycles. The summed E-state index contributed by atoms with van der Waals surface area (Å²) in [6.07, 6.45) is 6.75. The Balaban J connectivity index is 1.75.